The smallest absolute Gasteiger partial charge is 0.263 e. The molecule has 1 aliphatic heterocycles. The Kier molecular flexibility index (Phi) is 5.26. The van der Waals surface area contributed by atoms with Gasteiger partial charge in [0.2, 0.25) is 0 Å². The molecular formula is C24H22N4O4S. The van der Waals surface area contributed by atoms with Crippen molar-refractivity contribution >= 4 is 38.4 Å². The van der Waals surface area contributed by atoms with Gasteiger partial charge in [-0.2, -0.15) is 0 Å². The molecule has 0 radical (unpaired) electrons. The monoisotopic (exact) mass is 462 g/mol. The molecule has 0 saturated carbocycles. The molecule has 5 rings (SSSR count). The van der Waals surface area contributed by atoms with Crippen molar-refractivity contribution in [3.63, 3.8) is 0 Å². The molecule has 0 fully saturated rings. The highest BCUT2D eigenvalue weighted by atomic mass is 32.2. The third kappa shape index (κ3) is 4.27. The van der Waals surface area contributed by atoms with E-state index in [-0.39, 0.29) is 16.5 Å². The van der Waals surface area contributed by atoms with Gasteiger partial charge in [-0.15, -0.1) is 0 Å². The number of ether oxygens (including phenoxy) is 2. The van der Waals surface area contributed by atoms with E-state index in [2.05, 4.69) is 20.0 Å². The summed E-state index contributed by atoms with van der Waals surface area (Å²) in [5, 5.41) is 3.21. The molecule has 0 unspecified atom stereocenters. The summed E-state index contributed by atoms with van der Waals surface area (Å²) in [5.41, 5.74) is 4.05. The van der Waals surface area contributed by atoms with Crippen LogP contribution in [0.4, 0.5) is 17.3 Å². The number of sulfonamides is 1. The van der Waals surface area contributed by atoms with E-state index in [1.54, 1.807) is 30.3 Å². The highest BCUT2D eigenvalue weighted by molar-refractivity contribution is 7.92. The first kappa shape index (κ1) is 21.0. The molecule has 0 atom stereocenters. The number of hydrogen-bond donors (Lipinski definition) is 2. The molecule has 4 aromatic rings. The molecule has 9 heteroatoms. The summed E-state index contributed by atoms with van der Waals surface area (Å²) in [6.07, 6.45) is 0. The Morgan fingerprint density at radius 3 is 2.06 bits per heavy atom. The van der Waals surface area contributed by atoms with E-state index in [0.29, 0.717) is 35.7 Å². The predicted octanol–water partition coefficient (Wildman–Crippen LogP) is 4.56. The van der Waals surface area contributed by atoms with Gasteiger partial charge in [0, 0.05) is 17.8 Å². The Morgan fingerprint density at radius 2 is 1.42 bits per heavy atom. The minimum absolute atomic E-state index is 0.0845. The Morgan fingerprint density at radius 1 is 0.788 bits per heavy atom. The summed E-state index contributed by atoms with van der Waals surface area (Å²) >= 11 is 0. The molecule has 1 aromatic heterocycles. The van der Waals surface area contributed by atoms with Gasteiger partial charge in [0.15, 0.2) is 23.1 Å². The Labute approximate surface area is 191 Å². The van der Waals surface area contributed by atoms with Crippen molar-refractivity contribution in [3.05, 3.63) is 71.8 Å². The summed E-state index contributed by atoms with van der Waals surface area (Å²) in [6.45, 7) is 4.93. The molecule has 0 amide bonds. The first-order valence-electron chi connectivity index (χ1n) is 10.4. The molecule has 33 heavy (non-hydrogen) atoms. The average molecular weight is 463 g/mol. The van der Waals surface area contributed by atoms with Gasteiger partial charge < -0.3 is 14.8 Å². The minimum Gasteiger partial charge on any atom is -0.486 e. The van der Waals surface area contributed by atoms with Crippen LogP contribution in [0.3, 0.4) is 0 Å². The maximum Gasteiger partial charge on any atom is 0.263 e. The maximum atomic E-state index is 13.0. The van der Waals surface area contributed by atoms with Crippen LogP contribution in [0.15, 0.2) is 65.6 Å². The Bertz CT molecular complexity index is 1460. The SMILES string of the molecule is Cc1ccc(Nc2nc3cc4c(cc3nc2NS(=O)(=O)c2ccccc2)OCCO4)cc1C. The standard InChI is InChI=1S/C24H22N4O4S/c1-15-8-9-17(12-16(15)2)25-23-24(28-33(29,30)18-6-4-3-5-7-18)27-20-14-22-21(13-19(20)26-23)31-10-11-32-22/h3-9,12-14H,10-11H2,1-2H3,(H,25,26)(H,27,28). The molecule has 3 aromatic carbocycles. The van der Waals surface area contributed by atoms with E-state index in [4.69, 9.17) is 9.47 Å². The number of nitrogens with one attached hydrogen (secondary N) is 2. The van der Waals surface area contributed by atoms with Crippen LogP contribution < -0.4 is 19.5 Å². The van der Waals surface area contributed by atoms with Gasteiger partial charge in [0.1, 0.15) is 13.2 Å². The van der Waals surface area contributed by atoms with Crippen LogP contribution in [0.25, 0.3) is 11.0 Å². The third-order valence-electron chi connectivity index (χ3n) is 5.38. The lowest BCUT2D eigenvalue weighted by Crippen LogP contribution is -2.17. The maximum absolute atomic E-state index is 13.0. The molecule has 0 aliphatic carbocycles. The second kappa shape index (κ2) is 8.25. The van der Waals surface area contributed by atoms with Gasteiger partial charge in [-0.25, -0.2) is 18.4 Å². The van der Waals surface area contributed by atoms with Crippen LogP contribution >= 0.6 is 0 Å². The van der Waals surface area contributed by atoms with Crippen LogP contribution in [0.5, 0.6) is 11.5 Å². The number of anilines is 3. The summed E-state index contributed by atoms with van der Waals surface area (Å²) in [7, 11) is -3.88. The summed E-state index contributed by atoms with van der Waals surface area (Å²) in [6, 6.07) is 17.5. The lowest BCUT2D eigenvalue weighted by molar-refractivity contribution is 0.172. The van der Waals surface area contributed by atoms with Gasteiger partial charge in [-0.05, 0) is 49.2 Å². The number of rotatable bonds is 5. The second-order valence-electron chi connectivity index (χ2n) is 7.75. The molecule has 0 saturated heterocycles. The lowest BCUT2D eigenvalue weighted by atomic mass is 10.1. The topological polar surface area (TPSA) is 102 Å². The fourth-order valence-electron chi connectivity index (χ4n) is 3.49. The van der Waals surface area contributed by atoms with Crippen molar-refractivity contribution in [1.82, 2.24) is 9.97 Å². The highest BCUT2D eigenvalue weighted by Gasteiger charge is 2.21. The predicted molar refractivity (Wildman–Crippen MR) is 127 cm³/mol. The molecule has 1 aliphatic rings. The highest BCUT2D eigenvalue weighted by Crippen LogP contribution is 2.36. The molecule has 2 N–H and O–H groups in total. The van der Waals surface area contributed by atoms with Gasteiger partial charge in [-0.1, -0.05) is 24.3 Å². The van der Waals surface area contributed by atoms with E-state index >= 15 is 0 Å². The molecular weight excluding hydrogens is 440 g/mol. The van der Waals surface area contributed by atoms with Crippen molar-refractivity contribution in [2.75, 3.05) is 23.3 Å². The zero-order valence-corrected chi connectivity index (χ0v) is 18.9. The number of benzene rings is 3. The molecule has 0 spiro atoms. The van der Waals surface area contributed by atoms with Crippen molar-refractivity contribution in [3.8, 4) is 11.5 Å². The number of aryl methyl sites for hydroxylation is 2. The van der Waals surface area contributed by atoms with Crippen molar-refractivity contribution in [2.24, 2.45) is 0 Å². The largest absolute Gasteiger partial charge is 0.486 e. The number of hydrogen-bond acceptors (Lipinski definition) is 7. The normalized spacial score (nSPS) is 13.0. The fraction of sp³-hybridized carbons (Fsp3) is 0.167. The van der Waals surface area contributed by atoms with E-state index in [1.165, 1.54) is 12.1 Å². The first-order chi connectivity index (χ1) is 15.9. The zero-order valence-electron chi connectivity index (χ0n) is 18.1. The summed E-state index contributed by atoms with van der Waals surface area (Å²) in [5.74, 6) is 1.50. The van der Waals surface area contributed by atoms with Crippen molar-refractivity contribution < 1.29 is 17.9 Å². The number of fused-ring (bicyclic) bond motifs is 2. The van der Waals surface area contributed by atoms with E-state index in [1.807, 2.05) is 32.0 Å². The van der Waals surface area contributed by atoms with Crippen molar-refractivity contribution in [2.45, 2.75) is 18.7 Å². The summed E-state index contributed by atoms with van der Waals surface area (Å²) in [4.78, 5) is 9.38. The molecule has 0 bridgehead atoms. The summed E-state index contributed by atoms with van der Waals surface area (Å²) < 4.78 is 39.9. The quantitative estimate of drug-likeness (QED) is 0.448. The van der Waals surface area contributed by atoms with Crippen LogP contribution in [-0.2, 0) is 10.0 Å². The van der Waals surface area contributed by atoms with Crippen molar-refractivity contribution in [1.29, 1.82) is 0 Å². The van der Waals surface area contributed by atoms with Crippen LogP contribution in [0, 0.1) is 13.8 Å². The first-order valence-corrected chi connectivity index (χ1v) is 11.9. The molecule has 168 valence electrons. The van der Waals surface area contributed by atoms with Gasteiger partial charge in [0.05, 0.1) is 15.9 Å². The molecule has 2 heterocycles. The second-order valence-corrected chi connectivity index (χ2v) is 9.43. The van der Waals surface area contributed by atoms with E-state index < -0.39 is 10.0 Å². The zero-order chi connectivity index (χ0) is 23.0. The fourth-order valence-corrected chi connectivity index (χ4v) is 4.52. The van der Waals surface area contributed by atoms with Crippen LogP contribution in [-0.4, -0.2) is 31.6 Å². The van der Waals surface area contributed by atoms with Gasteiger partial charge in [-0.3, -0.25) is 4.72 Å². The molecule has 8 nitrogen and oxygen atoms in total. The minimum atomic E-state index is -3.88. The van der Waals surface area contributed by atoms with Gasteiger partial charge in [0.25, 0.3) is 10.0 Å². The van der Waals surface area contributed by atoms with Gasteiger partial charge >= 0.3 is 0 Å². The van der Waals surface area contributed by atoms with Crippen LogP contribution in [0.1, 0.15) is 11.1 Å². The van der Waals surface area contributed by atoms with E-state index in [0.717, 1.165) is 16.8 Å². The van der Waals surface area contributed by atoms with E-state index in [9.17, 15) is 8.42 Å². The number of aromatic nitrogens is 2. The number of nitrogens with zero attached hydrogens (tertiary/aromatic N) is 2. The van der Waals surface area contributed by atoms with Crippen LogP contribution in [0.2, 0.25) is 0 Å². The Balaban J connectivity index is 1.62. The third-order valence-corrected chi connectivity index (χ3v) is 6.74. The lowest BCUT2D eigenvalue weighted by Gasteiger charge is -2.19. The Hall–Kier alpha value is -3.85. The average Bonchev–Trinajstić information content (AvgIpc) is 2.81.